The highest BCUT2D eigenvalue weighted by Gasteiger charge is 2.17. The molecular formula is C61H39N3O. The van der Waals surface area contributed by atoms with E-state index in [4.69, 9.17) is 19.4 Å². The number of nitrogens with zero attached hydrogens (tertiary/aromatic N) is 3. The van der Waals surface area contributed by atoms with Crippen molar-refractivity contribution in [2.45, 2.75) is 0 Å². The summed E-state index contributed by atoms with van der Waals surface area (Å²) in [5.74, 6) is 1.82. The van der Waals surface area contributed by atoms with Crippen molar-refractivity contribution in [3.8, 4) is 89.8 Å². The van der Waals surface area contributed by atoms with Gasteiger partial charge < -0.3 is 4.42 Å². The van der Waals surface area contributed by atoms with Gasteiger partial charge >= 0.3 is 0 Å². The molecule has 4 heteroatoms. The zero-order valence-corrected chi connectivity index (χ0v) is 35.3. The Morgan fingerprint density at radius 2 is 0.646 bits per heavy atom. The van der Waals surface area contributed by atoms with Gasteiger partial charge in [0.1, 0.15) is 11.2 Å². The van der Waals surface area contributed by atoms with E-state index in [1.54, 1.807) is 0 Å². The highest BCUT2D eigenvalue weighted by molar-refractivity contribution is 6.09. The van der Waals surface area contributed by atoms with Gasteiger partial charge in [-0.3, -0.25) is 0 Å². The number of hydrogen-bond donors (Lipinski definition) is 0. The topological polar surface area (TPSA) is 51.8 Å². The zero-order valence-electron chi connectivity index (χ0n) is 35.3. The maximum Gasteiger partial charge on any atom is 0.164 e. The molecule has 0 aliphatic carbocycles. The molecule has 0 saturated carbocycles. The quantitative estimate of drug-likeness (QED) is 0.153. The van der Waals surface area contributed by atoms with Crippen LogP contribution in [0.25, 0.3) is 123 Å². The van der Waals surface area contributed by atoms with Crippen LogP contribution in [0.2, 0.25) is 0 Å². The average Bonchev–Trinajstić information content (AvgIpc) is 3.78. The van der Waals surface area contributed by atoms with Crippen LogP contribution in [0.4, 0.5) is 0 Å². The van der Waals surface area contributed by atoms with Crippen LogP contribution in [-0.4, -0.2) is 15.0 Å². The highest BCUT2D eigenvalue weighted by Crippen LogP contribution is 2.38. The fourth-order valence-electron chi connectivity index (χ4n) is 9.07. The molecule has 65 heavy (non-hydrogen) atoms. The summed E-state index contributed by atoms with van der Waals surface area (Å²) in [5, 5.41) is 4.64. The Hall–Kier alpha value is -8.73. The lowest BCUT2D eigenvalue weighted by Gasteiger charge is -2.12. The molecule has 12 rings (SSSR count). The van der Waals surface area contributed by atoms with Gasteiger partial charge in [0.2, 0.25) is 0 Å². The molecule has 0 fully saturated rings. The predicted molar refractivity (Wildman–Crippen MR) is 268 cm³/mol. The summed E-state index contributed by atoms with van der Waals surface area (Å²) in [4.78, 5) is 15.6. The van der Waals surface area contributed by atoms with E-state index in [9.17, 15) is 0 Å². The predicted octanol–water partition coefficient (Wildman–Crippen LogP) is 16.3. The van der Waals surface area contributed by atoms with Gasteiger partial charge in [0, 0.05) is 33.0 Å². The normalized spacial score (nSPS) is 11.4. The Bertz CT molecular complexity index is 3720. The molecule has 4 nitrogen and oxygen atoms in total. The first-order valence-electron chi connectivity index (χ1n) is 21.9. The lowest BCUT2D eigenvalue weighted by Crippen LogP contribution is -2.00. The summed E-state index contributed by atoms with van der Waals surface area (Å²) < 4.78 is 6.44. The first-order valence-corrected chi connectivity index (χ1v) is 21.9. The minimum atomic E-state index is 0.602. The maximum atomic E-state index is 6.44. The molecule has 0 amide bonds. The average molecular weight is 830 g/mol. The third-order valence-electron chi connectivity index (χ3n) is 12.3. The minimum Gasteiger partial charge on any atom is -0.455 e. The van der Waals surface area contributed by atoms with Crippen molar-refractivity contribution in [2.75, 3.05) is 0 Å². The number of fused-ring (bicyclic) bond motifs is 4. The molecular weight excluding hydrogens is 791 g/mol. The fourth-order valence-corrected chi connectivity index (χ4v) is 9.07. The van der Waals surface area contributed by atoms with Crippen LogP contribution in [0.1, 0.15) is 0 Å². The number of benzene rings is 10. The highest BCUT2D eigenvalue weighted by atomic mass is 16.3. The van der Waals surface area contributed by atoms with E-state index in [1.807, 2.05) is 18.2 Å². The summed E-state index contributed by atoms with van der Waals surface area (Å²) >= 11 is 0. The van der Waals surface area contributed by atoms with Gasteiger partial charge in [-0.05, 0) is 91.2 Å². The summed E-state index contributed by atoms with van der Waals surface area (Å²) in [6.07, 6.45) is 0. The first-order chi connectivity index (χ1) is 32.2. The summed E-state index contributed by atoms with van der Waals surface area (Å²) in [5.41, 5.74) is 15.7. The van der Waals surface area contributed by atoms with Gasteiger partial charge in [0.15, 0.2) is 17.5 Å². The van der Waals surface area contributed by atoms with E-state index in [0.717, 1.165) is 83.1 Å². The molecule has 0 N–H and O–H groups in total. The number of hydrogen-bond acceptors (Lipinski definition) is 4. The number of aromatic nitrogens is 3. The molecule has 0 bridgehead atoms. The van der Waals surface area contributed by atoms with Crippen molar-refractivity contribution >= 4 is 32.7 Å². The summed E-state index contributed by atoms with van der Waals surface area (Å²) in [6, 6.07) is 83.0. The number of furan rings is 1. The van der Waals surface area contributed by atoms with Crippen molar-refractivity contribution in [2.24, 2.45) is 0 Å². The lowest BCUT2D eigenvalue weighted by atomic mass is 9.96. The van der Waals surface area contributed by atoms with Gasteiger partial charge in [0.25, 0.3) is 0 Å². The number of rotatable bonds is 8. The third kappa shape index (κ3) is 7.23. The molecule has 0 spiro atoms. The van der Waals surface area contributed by atoms with Crippen LogP contribution in [-0.2, 0) is 0 Å². The summed E-state index contributed by atoms with van der Waals surface area (Å²) in [6.45, 7) is 0. The van der Waals surface area contributed by atoms with Crippen LogP contribution in [0.5, 0.6) is 0 Å². The van der Waals surface area contributed by atoms with E-state index >= 15 is 0 Å². The molecule has 0 unspecified atom stereocenters. The van der Waals surface area contributed by atoms with E-state index in [1.165, 1.54) is 21.9 Å². The Kier molecular flexibility index (Phi) is 9.46. The molecule has 2 aromatic heterocycles. The molecule has 304 valence electrons. The van der Waals surface area contributed by atoms with Gasteiger partial charge in [-0.15, -0.1) is 0 Å². The Morgan fingerprint density at radius 3 is 1.35 bits per heavy atom. The van der Waals surface area contributed by atoms with Crippen LogP contribution < -0.4 is 0 Å². The summed E-state index contributed by atoms with van der Waals surface area (Å²) in [7, 11) is 0. The maximum absolute atomic E-state index is 6.44. The SMILES string of the molecule is c1ccc(-c2cccc(-c3ccc(-c4nc(-c5cccc(-c6cccc(-c7cccc8c7oc7ccccc78)c6)c5)nc(-c5cccc(-c6cccc7ccccc67)c5)n4)cc3)c2)cc1. The van der Waals surface area contributed by atoms with Crippen LogP contribution in [0, 0.1) is 0 Å². The Morgan fingerprint density at radius 1 is 0.246 bits per heavy atom. The second-order valence-corrected chi connectivity index (χ2v) is 16.4. The Labute approximate surface area is 376 Å². The van der Waals surface area contributed by atoms with Crippen molar-refractivity contribution < 1.29 is 4.42 Å². The monoisotopic (exact) mass is 829 g/mol. The Balaban J connectivity index is 0.949. The molecule has 2 heterocycles. The molecule has 12 aromatic rings. The van der Waals surface area contributed by atoms with Crippen LogP contribution in [0.3, 0.4) is 0 Å². The molecule has 10 aromatic carbocycles. The van der Waals surface area contributed by atoms with Crippen molar-refractivity contribution in [1.29, 1.82) is 0 Å². The van der Waals surface area contributed by atoms with E-state index in [2.05, 4.69) is 218 Å². The van der Waals surface area contributed by atoms with E-state index in [-0.39, 0.29) is 0 Å². The van der Waals surface area contributed by atoms with Crippen molar-refractivity contribution in [3.05, 3.63) is 237 Å². The lowest BCUT2D eigenvalue weighted by molar-refractivity contribution is 0.670. The van der Waals surface area contributed by atoms with Gasteiger partial charge in [-0.1, -0.05) is 206 Å². The molecule has 0 atom stereocenters. The molecule has 0 saturated heterocycles. The molecule has 0 aliphatic heterocycles. The van der Waals surface area contributed by atoms with Gasteiger partial charge in [-0.25, -0.2) is 15.0 Å². The van der Waals surface area contributed by atoms with Crippen LogP contribution >= 0.6 is 0 Å². The van der Waals surface area contributed by atoms with Crippen molar-refractivity contribution in [1.82, 2.24) is 15.0 Å². The number of para-hydroxylation sites is 2. The smallest absolute Gasteiger partial charge is 0.164 e. The van der Waals surface area contributed by atoms with Crippen molar-refractivity contribution in [3.63, 3.8) is 0 Å². The second-order valence-electron chi connectivity index (χ2n) is 16.4. The first kappa shape index (κ1) is 38.0. The zero-order chi connectivity index (χ0) is 43.1. The van der Waals surface area contributed by atoms with E-state index in [0.29, 0.717) is 17.5 Å². The largest absolute Gasteiger partial charge is 0.455 e. The van der Waals surface area contributed by atoms with Gasteiger partial charge in [-0.2, -0.15) is 0 Å². The third-order valence-corrected chi connectivity index (χ3v) is 12.3. The standard InChI is InChI=1S/C61H39N3O/c1-2-14-40(15-3-1)44-18-8-19-45(36-44)41-32-34-43(35-33-41)59-62-60(64-61(63-59)51-25-11-22-48(39-51)53-28-12-17-42-16-4-5-26-52(42)53)50-24-10-21-47(38-50)46-20-9-23-49(37-46)54-29-13-30-56-55-27-6-7-31-57(55)65-58(54)56/h1-39H. The van der Waals surface area contributed by atoms with Crippen LogP contribution in [0.15, 0.2) is 241 Å². The molecule has 0 aliphatic rings. The van der Waals surface area contributed by atoms with E-state index < -0.39 is 0 Å². The second kappa shape index (κ2) is 16.2. The van der Waals surface area contributed by atoms with Gasteiger partial charge in [0.05, 0.1) is 0 Å². The minimum absolute atomic E-state index is 0.602. The fraction of sp³-hybridized carbons (Fsp3) is 0. The molecule has 0 radical (unpaired) electrons.